The predicted molar refractivity (Wildman–Crippen MR) is 59.3 cm³/mol. The van der Waals surface area contributed by atoms with Crippen LogP contribution in [0.25, 0.3) is 0 Å². The fourth-order valence-corrected chi connectivity index (χ4v) is 1.94. The summed E-state index contributed by atoms with van der Waals surface area (Å²) in [6, 6.07) is 7.10. The second-order valence-corrected chi connectivity index (χ2v) is 4.19. The Bertz CT molecular complexity index is 339. The minimum absolute atomic E-state index is 0.125. The lowest BCUT2D eigenvalue weighted by Crippen LogP contribution is -2.23. The SMILES string of the molecule is O=C(c1ccc(Cl)cc1)C1CCOCC1. The van der Waals surface area contributed by atoms with Gasteiger partial charge in [-0.15, -0.1) is 0 Å². The van der Waals surface area contributed by atoms with Crippen molar-refractivity contribution in [3.8, 4) is 0 Å². The first-order valence-corrected chi connectivity index (χ1v) is 5.52. The second kappa shape index (κ2) is 4.77. The number of carbonyl (C=O) groups excluding carboxylic acids is 1. The summed E-state index contributed by atoms with van der Waals surface area (Å²) in [5.41, 5.74) is 0.756. The van der Waals surface area contributed by atoms with Crippen molar-refractivity contribution in [2.75, 3.05) is 13.2 Å². The molecule has 3 heteroatoms. The monoisotopic (exact) mass is 224 g/mol. The summed E-state index contributed by atoms with van der Waals surface area (Å²) >= 11 is 5.77. The molecule has 15 heavy (non-hydrogen) atoms. The summed E-state index contributed by atoms with van der Waals surface area (Å²) in [5, 5.41) is 0.665. The van der Waals surface area contributed by atoms with Crippen LogP contribution in [0.1, 0.15) is 23.2 Å². The molecule has 1 aliphatic heterocycles. The van der Waals surface area contributed by atoms with Crippen LogP contribution in [0.4, 0.5) is 0 Å². The van der Waals surface area contributed by atoms with Crippen LogP contribution in [-0.4, -0.2) is 19.0 Å². The number of ether oxygens (including phenoxy) is 1. The van der Waals surface area contributed by atoms with Gasteiger partial charge in [-0.1, -0.05) is 11.6 Å². The molecule has 2 nitrogen and oxygen atoms in total. The first-order valence-electron chi connectivity index (χ1n) is 5.15. The standard InChI is InChI=1S/C12H13ClO2/c13-11-3-1-9(2-4-11)12(14)10-5-7-15-8-6-10/h1-4,10H,5-8H2. The number of benzene rings is 1. The molecule has 0 atom stereocenters. The molecule has 1 fully saturated rings. The van der Waals surface area contributed by atoms with Gasteiger partial charge in [0, 0.05) is 29.7 Å². The highest BCUT2D eigenvalue weighted by atomic mass is 35.5. The number of ketones is 1. The van der Waals surface area contributed by atoms with E-state index in [4.69, 9.17) is 16.3 Å². The molecule has 1 saturated heterocycles. The minimum atomic E-state index is 0.125. The lowest BCUT2D eigenvalue weighted by atomic mass is 9.91. The predicted octanol–water partition coefficient (Wildman–Crippen LogP) is 2.95. The maximum atomic E-state index is 12.0. The van der Waals surface area contributed by atoms with Crippen molar-refractivity contribution in [1.82, 2.24) is 0 Å². The van der Waals surface area contributed by atoms with Gasteiger partial charge in [-0.3, -0.25) is 4.79 Å². The van der Waals surface area contributed by atoms with Crippen LogP contribution in [0, 0.1) is 5.92 Å². The Morgan fingerprint density at radius 3 is 2.40 bits per heavy atom. The Kier molecular flexibility index (Phi) is 3.39. The highest BCUT2D eigenvalue weighted by molar-refractivity contribution is 6.30. The van der Waals surface area contributed by atoms with Crippen LogP contribution < -0.4 is 0 Å². The first-order chi connectivity index (χ1) is 7.27. The van der Waals surface area contributed by atoms with Gasteiger partial charge >= 0.3 is 0 Å². The lowest BCUT2D eigenvalue weighted by Gasteiger charge is -2.20. The van der Waals surface area contributed by atoms with Gasteiger partial charge in [-0.2, -0.15) is 0 Å². The smallest absolute Gasteiger partial charge is 0.166 e. The highest BCUT2D eigenvalue weighted by Crippen LogP contribution is 2.21. The average Bonchev–Trinajstić information content (AvgIpc) is 2.30. The third-order valence-electron chi connectivity index (χ3n) is 2.72. The lowest BCUT2D eigenvalue weighted by molar-refractivity contribution is 0.0545. The van der Waals surface area contributed by atoms with Gasteiger partial charge in [0.15, 0.2) is 5.78 Å². The largest absolute Gasteiger partial charge is 0.381 e. The Hall–Kier alpha value is -0.860. The van der Waals surface area contributed by atoms with Gasteiger partial charge in [-0.25, -0.2) is 0 Å². The minimum Gasteiger partial charge on any atom is -0.381 e. The number of rotatable bonds is 2. The molecule has 80 valence electrons. The van der Waals surface area contributed by atoms with Gasteiger partial charge < -0.3 is 4.74 Å². The molecule has 0 saturated carbocycles. The molecule has 1 aliphatic rings. The normalized spacial score (nSPS) is 17.7. The van der Waals surface area contributed by atoms with Crippen molar-refractivity contribution >= 4 is 17.4 Å². The number of Topliss-reactive ketones (excluding diaryl/α,β-unsaturated/α-hetero) is 1. The molecule has 0 bridgehead atoms. The molecule has 0 amide bonds. The van der Waals surface area contributed by atoms with Crippen molar-refractivity contribution < 1.29 is 9.53 Å². The third kappa shape index (κ3) is 2.58. The Morgan fingerprint density at radius 2 is 1.80 bits per heavy atom. The van der Waals surface area contributed by atoms with Crippen LogP contribution >= 0.6 is 11.6 Å². The molecular formula is C12H13ClO2. The van der Waals surface area contributed by atoms with Crippen LogP contribution in [0.2, 0.25) is 5.02 Å². The molecule has 1 heterocycles. The molecule has 1 aromatic carbocycles. The van der Waals surface area contributed by atoms with E-state index in [0.29, 0.717) is 18.2 Å². The van der Waals surface area contributed by atoms with Crippen LogP contribution in [-0.2, 0) is 4.74 Å². The van der Waals surface area contributed by atoms with Crippen LogP contribution in [0.15, 0.2) is 24.3 Å². The molecule has 0 unspecified atom stereocenters. The van der Waals surface area contributed by atoms with E-state index in [1.165, 1.54) is 0 Å². The van der Waals surface area contributed by atoms with Crippen LogP contribution in [0.3, 0.4) is 0 Å². The van der Waals surface area contributed by atoms with E-state index in [1.54, 1.807) is 24.3 Å². The molecule has 2 rings (SSSR count). The van der Waals surface area contributed by atoms with Crippen molar-refractivity contribution in [1.29, 1.82) is 0 Å². The van der Waals surface area contributed by atoms with Gasteiger partial charge in [0.25, 0.3) is 0 Å². The number of hydrogen-bond donors (Lipinski definition) is 0. The number of halogens is 1. The second-order valence-electron chi connectivity index (χ2n) is 3.76. The maximum absolute atomic E-state index is 12.0. The summed E-state index contributed by atoms with van der Waals surface area (Å²) in [5.74, 6) is 0.342. The average molecular weight is 225 g/mol. The van der Waals surface area contributed by atoms with E-state index >= 15 is 0 Å². The van der Waals surface area contributed by atoms with E-state index in [0.717, 1.165) is 18.4 Å². The number of hydrogen-bond acceptors (Lipinski definition) is 2. The summed E-state index contributed by atoms with van der Waals surface area (Å²) < 4.78 is 5.23. The highest BCUT2D eigenvalue weighted by Gasteiger charge is 2.22. The topological polar surface area (TPSA) is 26.3 Å². The van der Waals surface area contributed by atoms with E-state index in [9.17, 15) is 4.79 Å². The van der Waals surface area contributed by atoms with E-state index < -0.39 is 0 Å². The Balaban J connectivity index is 2.09. The summed E-state index contributed by atoms with van der Waals surface area (Å²) in [7, 11) is 0. The molecule has 0 aromatic heterocycles. The summed E-state index contributed by atoms with van der Waals surface area (Å²) in [6.45, 7) is 1.40. The molecular weight excluding hydrogens is 212 g/mol. The molecule has 1 aromatic rings. The fraction of sp³-hybridized carbons (Fsp3) is 0.417. The summed E-state index contributed by atoms with van der Waals surface area (Å²) in [6.07, 6.45) is 1.67. The Morgan fingerprint density at radius 1 is 1.20 bits per heavy atom. The van der Waals surface area contributed by atoms with Gasteiger partial charge in [-0.05, 0) is 37.1 Å². The van der Waals surface area contributed by atoms with E-state index in [-0.39, 0.29) is 11.7 Å². The quantitative estimate of drug-likeness (QED) is 0.722. The van der Waals surface area contributed by atoms with Crippen molar-refractivity contribution in [2.24, 2.45) is 5.92 Å². The zero-order valence-electron chi connectivity index (χ0n) is 8.41. The fourth-order valence-electron chi connectivity index (χ4n) is 1.81. The summed E-state index contributed by atoms with van der Waals surface area (Å²) in [4.78, 5) is 12.0. The van der Waals surface area contributed by atoms with Gasteiger partial charge in [0.2, 0.25) is 0 Å². The third-order valence-corrected chi connectivity index (χ3v) is 2.97. The maximum Gasteiger partial charge on any atom is 0.166 e. The van der Waals surface area contributed by atoms with E-state index in [2.05, 4.69) is 0 Å². The van der Waals surface area contributed by atoms with Crippen molar-refractivity contribution in [2.45, 2.75) is 12.8 Å². The molecule has 0 radical (unpaired) electrons. The van der Waals surface area contributed by atoms with E-state index in [1.807, 2.05) is 0 Å². The number of carbonyl (C=O) groups is 1. The van der Waals surface area contributed by atoms with Crippen LogP contribution in [0.5, 0.6) is 0 Å². The van der Waals surface area contributed by atoms with Gasteiger partial charge in [0.1, 0.15) is 0 Å². The van der Waals surface area contributed by atoms with Crippen molar-refractivity contribution in [3.05, 3.63) is 34.9 Å². The molecule has 0 N–H and O–H groups in total. The first kappa shape index (κ1) is 10.7. The Labute approximate surface area is 94.2 Å². The molecule has 0 spiro atoms. The zero-order valence-corrected chi connectivity index (χ0v) is 9.17. The molecule has 0 aliphatic carbocycles. The van der Waals surface area contributed by atoms with Crippen molar-refractivity contribution in [3.63, 3.8) is 0 Å². The zero-order chi connectivity index (χ0) is 10.7. The van der Waals surface area contributed by atoms with Gasteiger partial charge in [0.05, 0.1) is 0 Å².